The third kappa shape index (κ3) is 6.18. The van der Waals surface area contributed by atoms with Crippen molar-refractivity contribution in [2.24, 2.45) is 5.92 Å². The lowest BCUT2D eigenvalue weighted by molar-refractivity contribution is -0.142. The number of piperidine rings is 2. The van der Waals surface area contributed by atoms with Crippen molar-refractivity contribution in [3.8, 4) is 10.4 Å². The summed E-state index contributed by atoms with van der Waals surface area (Å²) >= 11 is 1.51. The number of nitrogens with zero attached hydrogens (tertiary/aromatic N) is 6. The number of likely N-dealkylation sites (tertiary alicyclic amines) is 2. The van der Waals surface area contributed by atoms with Crippen LogP contribution in [0.15, 0.2) is 95.8 Å². The summed E-state index contributed by atoms with van der Waals surface area (Å²) in [6.07, 6.45) is 8.32. The SMILES string of the molecule is O=C([C@@H]1CCN(Cc2cnccn2)C[C@H]1c1ccccc1)N1CCC(O)(Cn2cnc3c(-c4ccccc4)scc3c2=O)CC1. The molecule has 10 heteroatoms. The van der Waals surface area contributed by atoms with Gasteiger partial charge in [-0.2, -0.15) is 0 Å². The summed E-state index contributed by atoms with van der Waals surface area (Å²) in [4.78, 5) is 46.0. The molecule has 230 valence electrons. The zero-order valence-electron chi connectivity index (χ0n) is 25.0. The van der Waals surface area contributed by atoms with Gasteiger partial charge in [0.15, 0.2) is 0 Å². The average Bonchev–Trinajstić information content (AvgIpc) is 3.52. The van der Waals surface area contributed by atoms with Crippen LogP contribution in [-0.4, -0.2) is 72.1 Å². The maximum absolute atomic E-state index is 14.0. The third-order valence-corrected chi connectivity index (χ3v) is 10.4. The first-order valence-corrected chi connectivity index (χ1v) is 16.4. The van der Waals surface area contributed by atoms with E-state index in [1.165, 1.54) is 21.5 Å². The van der Waals surface area contributed by atoms with Gasteiger partial charge >= 0.3 is 0 Å². The molecule has 5 aromatic rings. The molecule has 0 radical (unpaired) electrons. The summed E-state index contributed by atoms with van der Waals surface area (Å²) in [5.74, 6) is 0.0769. The van der Waals surface area contributed by atoms with Gasteiger partial charge in [-0.1, -0.05) is 60.7 Å². The van der Waals surface area contributed by atoms with Crippen LogP contribution in [0.1, 0.15) is 36.4 Å². The van der Waals surface area contributed by atoms with Gasteiger partial charge in [0.1, 0.15) is 0 Å². The number of aliphatic hydroxyl groups is 1. The van der Waals surface area contributed by atoms with Gasteiger partial charge in [-0.25, -0.2) is 4.98 Å². The number of fused-ring (bicyclic) bond motifs is 1. The Hall–Kier alpha value is -4.25. The van der Waals surface area contributed by atoms with E-state index in [-0.39, 0.29) is 29.8 Å². The normalized spacial score (nSPS) is 20.3. The lowest BCUT2D eigenvalue weighted by atomic mass is 9.79. The second-order valence-corrected chi connectivity index (χ2v) is 13.1. The molecule has 2 aromatic carbocycles. The molecule has 9 nitrogen and oxygen atoms in total. The van der Waals surface area contributed by atoms with Crippen LogP contribution in [-0.2, 0) is 17.9 Å². The Morgan fingerprint density at radius 3 is 2.47 bits per heavy atom. The molecule has 0 saturated carbocycles. The highest BCUT2D eigenvalue weighted by molar-refractivity contribution is 7.15. The lowest BCUT2D eigenvalue weighted by Crippen LogP contribution is -2.53. The van der Waals surface area contributed by atoms with Gasteiger partial charge in [-0.05, 0) is 36.9 Å². The smallest absolute Gasteiger partial charge is 0.262 e. The van der Waals surface area contributed by atoms with E-state index in [1.54, 1.807) is 24.9 Å². The molecule has 5 heterocycles. The zero-order valence-corrected chi connectivity index (χ0v) is 25.9. The van der Waals surface area contributed by atoms with Gasteiger partial charge in [0, 0.05) is 62.0 Å². The Kier molecular flexibility index (Phi) is 8.27. The highest BCUT2D eigenvalue weighted by atomic mass is 32.1. The van der Waals surface area contributed by atoms with Crippen molar-refractivity contribution in [1.29, 1.82) is 0 Å². The predicted octanol–water partition coefficient (Wildman–Crippen LogP) is 4.57. The zero-order chi connectivity index (χ0) is 30.8. The van der Waals surface area contributed by atoms with Gasteiger partial charge < -0.3 is 10.0 Å². The summed E-state index contributed by atoms with van der Waals surface area (Å²) in [6, 6.07) is 20.2. The van der Waals surface area contributed by atoms with Crippen LogP contribution in [0.4, 0.5) is 0 Å². The van der Waals surface area contributed by atoms with E-state index in [4.69, 9.17) is 0 Å². The topological polar surface area (TPSA) is 104 Å². The number of benzene rings is 2. The molecule has 0 spiro atoms. The molecular weight excluding hydrogens is 584 g/mol. The number of hydrogen-bond donors (Lipinski definition) is 1. The first-order valence-electron chi connectivity index (χ1n) is 15.5. The van der Waals surface area contributed by atoms with Crippen molar-refractivity contribution >= 4 is 28.1 Å². The molecule has 0 bridgehead atoms. The van der Waals surface area contributed by atoms with E-state index in [1.807, 2.05) is 58.8 Å². The van der Waals surface area contributed by atoms with E-state index in [9.17, 15) is 14.7 Å². The van der Waals surface area contributed by atoms with Crippen LogP contribution in [0, 0.1) is 5.92 Å². The minimum atomic E-state index is -1.09. The van der Waals surface area contributed by atoms with Crippen LogP contribution in [0.5, 0.6) is 0 Å². The Balaban J connectivity index is 1.03. The summed E-state index contributed by atoms with van der Waals surface area (Å²) in [5.41, 5.74) is 2.57. The van der Waals surface area contributed by atoms with Crippen LogP contribution < -0.4 is 5.56 Å². The molecule has 2 aliphatic heterocycles. The van der Waals surface area contributed by atoms with E-state index in [0.717, 1.165) is 35.6 Å². The standard InChI is InChI=1S/C35H36N6O3S/c42-33(28-11-16-39(20-27-19-36-14-15-37-27)21-29(28)25-7-3-1-4-8-25)40-17-12-35(44,13-18-40)23-41-24-38-31-30(34(41)43)22-45-32(31)26-9-5-2-6-10-26/h1-10,14-15,19,22,24,28-29,44H,11-13,16-18,20-21,23H2/t28-,29+/m1/s1. The summed E-state index contributed by atoms with van der Waals surface area (Å²) in [7, 11) is 0. The number of carbonyl (C=O) groups is 1. The fraction of sp³-hybridized carbons (Fsp3) is 0.343. The monoisotopic (exact) mass is 620 g/mol. The molecule has 2 aliphatic rings. The van der Waals surface area contributed by atoms with E-state index >= 15 is 0 Å². The predicted molar refractivity (Wildman–Crippen MR) is 175 cm³/mol. The molecule has 1 N–H and O–H groups in total. The number of carbonyl (C=O) groups excluding carboxylic acids is 1. The molecule has 0 aliphatic carbocycles. The Morgan fingerprint density at radius 1 is 0.978 bits per heavy atom. The fourth-order valence-electron chi connectivity index (χ4n) is 6.86. The maximum Gasteiger partial charge on any atom is 0.262 e. The maximum atomic E-state index is 14.0. The van der Waals surface area contributed by atoms with Crippen LogP contribution in [0.3, 0.4) is 0 Å². The summed E-state index contributed by atoms with van der Waals surface area (Å²) in [6.45, 7) is 3.34. The number of rotatable bonds is 7. The molecule has 45 heavy (non-hydrogen) atoms. The third-order valence-electron chi connectivity index (χ3n) is 9.33. The van der Waals surface area contributed by atoms with Crippen molar-refractivity contribution in [2.45, 2.75) is 43.9 Å². The minimum Gasteiger partial charge on any atom is -0.388 e. The molecule has 0 unspecified atom stereocenters. The van der Waals surface area contributed by atoms with Crippen LogP contribution in [0.2, 0.25) is 0 Å². The second-order valence-electron chi connectivity index (χ2n) is 12.3. The van der Waals surface area contributed by atoms with Crippen LogP contribution >= 0.6 is 11.3 Å². The van der Waals surface area contributed by atoms with E-state index in [2.05, 4.69) is 32.0 Å². The van der Waals surface area contributed by atoms with E-state index < -0.39 is 5.60 Å². The lowest BCUT2D eigenvalue weighted by Gasteiger charge is -2.43. The number of amides is 1. The minimum absolute atomic E-state index is 0.0627. The molecule has 7 rings (SSSR count). The van der Waals surface area contributed by atoms with E-state index in [0.29, 0.717) is 43.4 Å². The second kappa shape index (κ2) is 12.6. The highest BCUT2D eigenvalue weighted by Gasteiger charge is 2.41. The fourth-order valence-corrected chi connectivity index (χ4v) is 7.86. The summed E-state index contributed by atoms with van der Waals surface area (Å²) < 4.78 is 1.53. The Bertz CT molecular complexity index is 1820. The van der Waals surface area contributed by atoms with Crippen molar-refractivity contribution in [3.63, 3.8) is 0 Å². The first kappa shape index (κ1) is 29.5. The largest absolute Gasteiger partial charge is 0.388 e. The van der Waals surface area contributed by atoms with Gasteiger partial charge in [0.05, 0.1) is 39.9 Å². The average molecular weight is 621 g/mol. The molecule has 1 amide bonds. The molecule has 2 saturated heterocycles. The number of aromatic nitrogens is 4. The molecule has 3 aromatic heterocycles. The number of thiophene rings is 1. The van der Waals surface area contributed by atoms with Gasteiger partial charge in [0.2, 0.25) is 5.91 Å². The van der Waals surface area contributed by atoms with Crippen molar-refractivity contribution < 1.29 is 9.90 Å². The van der Waals surface area contributed by atoms with Gasteiger partial charge in [-0.3, -0.25) is 29.0 Å². The molecule has 2 fully saturated rings. The summed E-state index contributed by atoms with van der Waals surface area (Å²) in [5, 5.41) is 14.0. The van der Waals surface area contributed by atoms with Crippen molar-refractivity contribution in [2.75, 3.05) is 26.2 Å². The Morgan fingerprint density at radius 2 is 1.73 bits per heavy atom. The van der Waals surface area contributed by atoms with Crippen molar-refractivity contribution in [1.82, 2.24) is 29.3 Å². The van der Waals surface area contributed by atoms with Gasteiger partial charge in [0.25, 0.3) is 5.56 Å². The quantitative estimate of drug-likeness (QED) is 0.284. The van der Waals surface area contributed by atoms with Gasteiger partial charge in [-0.15, -0.1) is 11.3 Å². The Labute approximate surface area is 265 Å². The van der Waals surface area contributed by atoms with Crippen LogP contribution in [0.25, 0.3) is 21.3 Å². The molecular formula is C35H36N6O3S. The first-order chi connectivity index (χ1) is 22.0. The van der Waals surface area contributed by atoms with Crippen molar-refractivity contribution in [3.05, 3.63) is 113 Å². The molecule has 2 atom stereocenters. The number of hydrogen-bond acceptors (Lipinski definition) is 8. The highest BCUT2D eigenvalue weighted by Crippen LogP contribution is 2.36.